The summed E-state index contributed by atoms with van der Waals surface area (Å²) in [6.07, 6.45) is 0.733. The summed E-state index contributed by atoms with van der Waals surface area (Å²) in [5, 5.41) is 14.3. The molecule has 0 aliphatic rings. The van der Waals surface area contributed by atoms with E-state index in [9.17, 15) is 5.26 Å². The van der Waals surface area contributed by atoms with Crippen LogP contribution in [0.25, 0.3) is 0 Å². The molecule has 0 N–H and O–H groups in total. The van der Waals surface area contributed by atoms with E-state index < -0.39 is 7.26 Å². The van der Waals surface area contributed by atoms with Crippen LogP contribution in [-0.2, 0) is 11.5 Å². The molecule has 0 atom stereocenters. The van der Waals surface area contributed by atoms with Gasteiger partial charge in [0.1, 0.15) is 40.6 Å². The Morgan fingerprint density at radius 3 is 1.42 bits per heavy atom. The lowest BCUT2D eigenvalue weighted by Gasteiger charge is -2.27. The van der Waals surface area contributed by atoms with Crippen molar-refractivity contribution in [1.29, 1.82) is 5.26 Å². The van der Waals surface area contributed by atoms with Gasteiger partial charge in [0.15, 0.2) is 0 Å². The Morgan fingerprint density at radius 1 is 0.658 bits per heavy atom. The van der Waals surface area contributed by atoms with E-state index in [0.29, 0.717) is 5.56 Å². The summed E-state index contributed by atoms with van der Waals surface area (Å²) in [7, 11) is -2.02. The SMILES string of the molecule is BrCc1ccccc1.N#Cc1ccc(C[P+](c2ccccc2)(c2ccccc2)c2ccccc2)nc1Cl.[Br-]. The number of hydrogen-bond donors (Lipinski definition) is 0. The second kappa shape index (κ2) is 15.0. The molecule has 38 heavy (non-hydrogen) atoms. The molecule has 5 aromatic rings. The van der Waals surface area contributed by atoms with E-state index in [4.69, 9.17) is 11.6 Å². The third-order valence-electron chi connectivity index (χ3n) is 6.01. The molecule has 0 saturated carbocycles. The Labute approximate surface area is 249 Å². The third-order valence-corrected chi connectivity index (χ3v) is 11.3. The van der Waals surface area contributed by atoms with Gasteiger partial charge in [-0.2, -0.15) is 5.26 Å². The van der Waals surface area contributed by atoms with Crippen LogP contribution >= 0.6 is 34.8 Å². The number of nitrogens with zero attached hydrogens (tertiary/aromatic N) is 2. The van der Waals surface area contributed by atoms with Crippen LogP contribution in [0.1, 0.15) is 16.8 Å². The van der Waals surface area contributed by atoms with Gasteiger partial charge in [-0.1, -0.05) is 112 Å². The highest BCUT2D eigenvalue weighted by molar-refractivity contribution is 9.08. The highest BCUT2D eigenvalue weighted by Gasteiger charge is 2.45. The first-order valence-corrected chi connectivity index (χ1v) is 15.3. The standard InChI is InChI=1S/C25H19ClN2P.C7H7Br.BrH/c26-25-20(18-27)16-17-21(28-25)19-29(22-10-4-1-5-11-22,23-12-6-2-7-13-23)24-14-8-3-9-15-24;8-6-7-4-2-1-3-5-7;/h1-17H,19H2;1-5H,6H2;1H/q+1;;/p-1. The molecule has 0 aliphatic heterocycles. The molecule has 0 radical (unpaired) electrons. The quantitative estimate of drug-likeness (QED) is 0.150. The predicted octanol–water partition coefficient (Wildman–Crippen LogP) is 4.69. The fraction of sp³-hybridized carbons (Fsp3) is 0.0625. The molecular weight excluding hydrogens is 639 g/mol. The molecule has 5 rings (SSSR count). The van der Waals surface area contributed by atoms with Crippen molar-refractivity contribution in [3.63, 3.8) is 0 Å². The second-order valence-corrected chi connectivity index (χ2v) is 12.8. The highest BCUT2D eigenvalue weighted by Crippen LogP contribution is 2.57. The summed E-state index contributed by atoms with van der Waals surface area (Å²) >= 11 is 9.63. The fourth-order valence-electron chi connectivity index (χ4n) is 4.22. The highest BCUT2D eigenvalue weighted by atomic mass is 79.9. The van der Waals surface area contributed by atoms with Crippen LogP contribution in [-0.4, -0.2) is 4.98 Å². The van der Waals surface area contributed by atoms with Crippen LogP contribution in [0, 0.1) is 11.3 Å². The van der Waals surface area contributed by atoms with Gasteiger partial charge in [0.05, 0.1) is 11.3 Å². The first kappa shape index (κ1) is 29.8. The zero-order chi connectivity index (χ0) is 25.9. The van der Waals surface area contributed by atoms with Gasteiger partial charge < -0.3 is 17.0 Å². The number of aromatic nitrogens is 1. The maximum atomic E-state index is 9.21. The van der Waals surface area contributed by atoms with Gasteiger partial charge in [-0.05, 0) is 54.1 Å². The number of halogens is 3. The molecule has 0 spiro atoms. The van der Waals surface area contributed by atoms with Gasteiger partial charge in [-0.3, -0.25) is 0 Å². The predicted molar refractivity (Wildman–Crippen MR) is 162 cm³/mol. The van der Waals surface area contributed by atoms with Crippen molar-refractivity contribution in [2.75, 3.05) is 0 Å². The summed E-state index contributed by atoms with van der Waals surface area (Å²) in [6.45, 7) is 0. The van der Waals surface area contributed by atoms with Crippen molar-refractivity contribution in [1.82, 2.24) is 4.98 Å². The molecule has 190 valence electrons. The van der Waals surface area contributed by atoms with Crippen LogP contribution in [0.2, 0.25) is 5.15 Å². The van der Waals surface area contributed by atoms with E-state index in [0.717, 1.165) is 17.2 Å². The molecule has 0 saturated heterocycles. The minimum atomic E-state index is -2.02. The Balaban J connectivity index is 0.000000382. The number of rotatable bonds is 6. The van der Waals surface area contributed by atoms with E-state index in [1.807, 2.05) is 42.5 Å². The van der Waals surface area contributed by atoms with Crippen LogP contribution in [0.4, 0.5) is 0 Å². The van der Waals surface area contributed by atoms with Gasteiger partial charge in [0, 0.05) is 5.33 Å². The van der Waals surface area contributed by atoms with Crippen molar-refractivity contribution >= 4 is 50.7 Å². The summed E-state index contributed by atoms with van der Waals surface area (Å²) in [5.74, 6) is 0. The van der Waals surface area contributed by atoms with Crippen molar-refractivity contribution in [3.8, 4) is 6.07 Å². The largest absolute Gasteiger partial charge is 1.00 e. The molecule has 0 bridgehead atoms. The lowest BCUT2D eigenvalue weighted by Crippen LogP contribution is -3.00. The summed E-state index contributed by atoms with van der Waals surface area (Å²) < 4.78 is 0. The molecule has 1 heterocycles. The zero-order valence-corrected chi connectivity index (χ0v) is 25.4. The van der Waals surface area contributed by atoms with Crippen molar-refractivity contribution in [3.05, 3.63) is 155 Å². The lowest BCUT2D eigenvalue weighted by molar-refractivity contribution is -0.00000741. The first-order chi connectivity index (χ1) is 18.2. The Morgan fingerprint density at radius 2 is 1.08 bits per heavy atom. The third kappa shape index (κ3) is 7.19. The monoisotopic (exact) mass is 662 g/mol. The van der Waals surface area contributed by atoms with Crippen LogP contribution in [0.15, 0.2) is 133 Å². The second-order valence-electron chi connectivity index (χ2n) is 8.35. The molecular formula is C32H26Br2ClN2P. The number of benzene rings is 4. The molecule has 0 unspecified atom stereocenters. The van der Waals surface area contributed by atoms with E-state index in [2.05, 4.69) is 112 Å². The minimum Gasteiger partial charge on any atom is -1.00 e. The Bertz CT molecular complexity index is 1350. The Kier molecular flexibility index (Phi) is 11.7. The molecule has 2 nitrogen and oxygen atoms in total. The van der Waals surface area contributed by atoms with E-state index in [1.54, 1.807) is 6.07 Å². The number of hydrogen-bond acceptors (Lipinski definition) is 2. The number of pyridine rings is 1. The average molecular weight is 665 g/mol. The lowest BCUT2D eigenvalue weighted by atomic mass is 10.2. The first-order valence-electron chi connectivity index (χ1n) is 11.9. The van der Waals surface area contributed by atoms with Crippen molar-refractivity contribution in [2.24, 2.45) is 0 Å². The van der Waals surface area contributed by atoms with Gasteiger partial charge >= 0.3 is 0 Å². The molecule has 1 aromatic heterocycles. The van der Waals surface area contributed by atoms with E-state index in [-0.39, 0.29) is 22.1 Å². The zero-order valence-electron chi connectivity index (χ0n) is 20.6. The van der Waals surface area contributed by atoms with Crippen molar-refractivity contribution in [2.45, 2.75) is 11.5 Å². The van der Waals surface area contributed by atoms with Gasteiger partial charge in [-0.25, -0.2) is 4.98 Å². The maximum Gasteiger partial charge on any atom is 0.147 e. The molecule has 0 aliphatic carbocycles. The maximum absolute atomic E-state index is 9.21. The molecule has 0 fully saturated rings. The van der Waals surface area contributed by atoms with Crippen LogP contribution in [0.3, 0.4) is 0 Å². The number of nitriles is 1. The van der Waals surface area contributed by atoms with Crippen LogP contribution < -0.4 is 32.9 Å². The van der Waals surface area contributed by atoms with Crippen LogP contribution in [0.5, 0.6) is 0 Å². The summed E-state index contributed by atoms with van der Waals surface area (Å²) in [6, 6.07) is 48.0. The topological polar surface area (TPSA) is 36.7 Å². The smallest absolute Gasteiger partial charge is 0.147 e. The summed E-state index contributed by atoms with van der Waals surface area (Å²) in [4.78, 5) is 4.58. The normalized spacial score (nSPS) is 10.3. The van der Waals surface area contributed by atoms with E-state index >= 15 is 0 Å². The van der Waals surface area contributed by atoms with Gasteiger partial charge in [0.2, 0.25) is 0 Å². The fourth-order valence-corrected chi connectivity index (χ4v) is 8.96. The minimum absolute atomic E-state index is 0. The summed E-state index contributed by atoms with van der Waals surface area (Å²) in [5.41, 5.74) is 2.62. The van der Waals surface area contributed by atoms with E-state index in [1.165, 1.54) is 21.5 Å². The number of alkyl halides is 1. The van der Waals surface area contributed by atoms with Gasteiger partial charge in [0.25, 0.3) is 0 Å². The molecule has 6 heteroatoms. The molecule has 0 amide bonds. The average Bonchev–Trinajstić information content (AvgIpc) is 2.98. The van der Waals surface area contributed by atoms with Crippen molar-refractivity contribution < 1.29 is 17.0 Å². The van der Waals surface area contributed by atoms with Gasteiger partial charge in [-0.15, -0.1) is 0 Å². The molecule has 4 aromatic carbocycles. The Hall–Kier alpha value is -2.80.